The maximum atomic E-state index is 12.9. The zero-order valence-electron chi connectivity index (χ0n) is 9.87. The highest BCUT2D eigenvalue weighted by atomic mass is 79.9. The molecule has 0 fully saturated rings. The van der Waals surface area contributed by atoms with Crippen molar-refractivity contribution in [3.8, 4) is 0 Å². The van der Waals surface area contributed by atoms with Crippen LogP contribution in [0.2, 0.25) is 0 Å². The topological polar surface area (TPSA) is 3.24 Å². The van der Waals surface area contributed by atoms with Crippen LogP contribution in [0.1, 0.15) is 11.1 Å². The third-order valence-corrected chi connectivity index (χ3v) is 3.87. The van der Waals surface area contributed by atoms with Crippen molar-refractivity contribution in [2.45, 2.75) is 13.0 Å². The van der Waals surface area contributed by atoms with E-state index in [0.29, 0.717) is 0 Å². The Morgan fingerprint density at radius 3 is 2.56 bits per heavy atom. The average molecular weight is 306 g/mol. The summed E-state index contributed by atoms with van der Waals surface area (Å²) in [7, 11) is 0. The molecule has 1 aliphatic rings. The summed E-state index contributed by atoms with van der Waals surface area (Å²) in [5.41, 5.74) is 3.85. The smallest absolute Gasteiger partial charge is 0.123 e. The van der Waals surface area contributed by atoms with Crippen LogP contribution in [-0.2, 0) is 13.0 Å². The van der Waals surface area contributed by atoms with Gasteiger partial charge in [-0.2, -0.15) is 0 Å². The first-order valence-corrected chi connectivity index (χ1v) is 6.79. The molecule has 0 aromatic heterocycles. The molecule has 0 radical (unpaired) electrons. The van der Waals surface area contributed by atoms with Gasteiger partial charge in [-0.15, -0.1) is 0 Å². The molecule has 0 spiro atoms. The van der Waals surface area contributed by atoms with Crippen molar-refractivity contribution < 1.29 is 4.39 Å². The standard InChI is InChI=1S/C15H13BrFN/c16-13-2-1-12-10-18(8-7-11(12)9-13)15-5-3-14(17)4-6-15/h1-6,9H,7-8,10H2. The van der Waals surface area contributed by atoms with Gasteiger partial charge in [0.05, 0.1) is 0 Å². The normalized spacial score (nSPS) is 14.4. The fourth-order valence-electron chi connectivity index (χ4n) is 2.39. The lowest BCUT2D eigenvalue weighted by Crippen LogP contribution is -2.30. The average Bonchev–Trinajstić information content (AvgIpc) is 2.39. The maximum Gasteiger partial charge on any atom is 0.123 e. The van der Waals surface area contributed by atoms with Crippen molar-refractivity contribution in [3.63, 3.8) is 0 Å². The predicted molar refractivity (Wildman–Crippen MR) is 75.3 cm³/mol. The van der Waals surface area contributed by atoms with E-state index in [1.165, 1.54) is 23.3 Å². The van der Waals surface area contributed by atoms with E-state index in [0.717, 1.165) is 29.7 Å². The summed E-state index contributed by atoms with van der Waals surface area (Å²) >= 11 is 3.50. The lowest BCUT2D eigenvalue weighted by atomic mass is 9.99. The van der Waals surface area contributed by atoms with Gasteiger partial charge in [-0.25, -0.2) is 4.39 Å². The van der Waals surface area contributed by atoms with Gasteiger partial charge < -0.3 is 4.90 Å². The minimum Gasteiger partial charge on any atom is -0.367 e. The van der Waals surface area contributed by atoms with Crippen LogP contribution in [-0.4, -0.2) is 6.54 Å². The van der Waals surface area contributed by atoms with Crippen molar-refractivity contribution in [1.29, 1.82) is 0 Å². The fourth-order valence-corrected chi connectivity index (χ4v) is 2.80. The number of nitrogens with zero attached hydrogens (tertiary/aromatic N) is 1. The van der Waals surface area contributed by atoms with Crippen molar-refractivity contribution in [1.82, 2.24) is 0 Å². The summed E-state index contributed by atoms with van der Waals surface area (Å²) in [4.78, 5) is 2.29. The van der Waals surface area contributed by atoms with Crippen molar-refractivity contribution in [2.24, 2.45) is 0 Å². The minimum absolute atomic E-state index is 0.180. The first-order valence-electron chi connectivity index (χ1n) is 6.00. The molecule has 3 rings (SSSR count). The largest absolute Gasteiger partial charge is 0.367 e. The predicted octanol–water partition coefficient (Wildman–Crippen LogP) is 4.15. The molecular weight excluding hydrogens is 293 g/mol. The summed E-state index contributed by atoms with van der Waals surface area (Å²) in [6.07, 6.45) is 1.03. The Hall–Kier alpha value is -1.35. The SMILES string of the molecule is Fc1ccc(N2CCc3cc(Br)ccc3C2)cc1. The first-order chi connectivity index (χ1) is 8.72. The van der Waals surface area contributed by atoms with Crippen molar-refractivity contribution in [3.05, 3.63) is 63.9 Å². The summed E-state index contributed by atoms with van der Waals surface area (Å²) in [6.45, 7) is 1.88. The highest BCUT2D eigenvalue weighted by molar-refractivity contribution is 9.10. The summed E-state index contributed by atoms with van der Waals surface area (Å²) in [6, 6.07) is 13.2. The van der Waals surface area contributed by atoms with E-state index in [1.807, 2.05) is 12.1 Å². The number of anilines is 1. The third-order valence-electron chi connectivity index (χ3n) is 3.37. The van der Waals surface area contributed by atoms with Crippen LogP contribution in [0.15, 0.2) is 46.9 Å². The van der Waals surface area contributed by atoms with E-state index in [2.05, 4.69) is 39.0 Å². The van der Waals surface area contributed by atoms with Crippen LogP contribution in [0, 0.1) is 5.82 Å². The number of hydrogen-bond acceptors (Lipinski definition) is 1. The van der Waals surface area contributed by atoms with Gasteiger partial charge >= 0.3 is 0 Å². The fraction of sp³-hybridized carbons (Fsp3) is 0.200. The van der Waals surface area contributed by atoms with Gasteiger partial charge in [-0.3, -0.25) is 0 Å². The molecule has 0 N–H and O–H groups in total. The van der Waals surface area contributed by atoms with Crippen LogP contribution < -0.4 is 4.90 Å². The molecule has 0 aliphatic carbocycles. The minimum atomic E-state index is -0.180. The van der Waals surface area contributed by atoms with Gasteiger partial charge in [-0.05, 0) is 53.9 Å². The number of halogens is 2. The molecule has 0 bridgehead atoms. The zero-order chi connectivity index (χ0) is 12.5. The number of rotatable bonds is 1. The van der Waals surface area contributed by atoms with Gasteiger partial charge in [0.2, 0.25) is 0 Å². The molecule has 18 heavy (non-hydrogen) atoms. The third kappa shape index (κ3) is 2.27. The van der Waals surface area contributed by atoms with E-state index < -0.39 is 0 Å². The quantitative estimate of drug-likeness (QED) is 0.765. The Kier molecular flexibility index (Phi) is 3.08. The second-order valence-electron chi connectivity index (χ2n) is 4.56. The van der Waals surface area contributed by atoms with Gasteiger partial charge in [0, 0.05) is 23.2 Å². The zero-order valence-corrected chi connectivity index (χ0v) is 11.5. The van der Waals surface area contributed by atoms with Crippen LogP contribution in [0.5, 0.6) is 0 Å². The number of hydrogen-bond donors (Lipinski definition) is 0. The van der Waals surface area contributed by atoms with E-state index in [-0.39, 0.29) is 5.82 Å². The molecule has 0 saturated heterocycles. The Labute approximate surface area is 114 Å². The second kappa shape index (κ2) is 4.73. The maximum absolute atomic E-state index is 12.9. The molecule has 0 amide bonds. The van der Waals surface area contributed by atoms with Crippen molar-refractivity contribution in [2.75, 3.05) is 11.4 Å². The van der Waals surface area contributed by atoms with E-state index >= 15 is 0 Å². The van der Waals surface area contributed by atoms with Crippen molar-refractivity contribution >= 4 is 21.6 Å². The molecule has 3 heteroatoms. The highest BCUT2D eigenvalue weighted by Gasteiger charge is 2.16. The van der Waals surface area contributed by atoms with Crippen LogP contribution in [0.4, 0.5) is 10.1 Å². The lowest BCUT2D eigenvalue weighted by molar-refractivity contribution is 0.627. The van der Waals surface area contributed by atoms with Gasteiger partial charge in [0.1, 0.15) is 5.82 Å². The Bertz CT molecular complexity index is 565. The Morgan fingerprint density at radius 1 is 1.00 bits per heavy atom. The summed E-state index contributed by atoms with van der Waals surface area (Å²) in [5.74, 6) is -0.180. The molecule has 0 unspecified atom stereocenters. The molecule has 92 valence electrons. The van der Waals surface area contributed by atoms with Crippen LogP contribution in [0.25, 0.3) is 0 Å². The molecule has 0 saturated carbocycles. The second-order valence-corrected chi connectivity index (χ2v) is 5.48. The molecule has 1 heterocycles. The first kappa shape index (κ1) is 11.7. The Morgan fingerprint density at radius 2 is 1.78 bits per heavy atom. The van der Waals surface area contributed by atoms with E-state index in [4.69, 9.17) is 0 Å². The van der Waals surface area contributed by atoms with Gasteiger partial charge in [0.25, 0.3) is 0 Å². The van der Waals surface area contributed by atoms with Crippen LogP contribution in [0.3, 0.4) is 0 Å². The van der Waals surface area contributed by atoms with Gasteiger partial charge in [0.15, 0.2) is 0 Å². The molecular formula is C15H13BrFN. The lowest BCUT2D eigenvalue weighted by Gasteiger charge is -2.30. The molecule has 0 atom stereocenters. The monoisotopic (exact) mass is 305 g/mol. The summed E-state index contributed by atoms with van der Waals surface area (Å²) in [5, 5.41) is 0. The summed E-state index contributed by atoms with van der Waals surface area (Å²) < 4.78 is 14.0. The highest BCUT2D eigenvalue weighted by Crippen LogP contribution is 2.26. The Balaban J connectivity index is 1.86. The van der Waals surface area contributed by atoms with E-state index in [1.54, 1.807) is 0 Å². The molecule has 1 aliphatic heterocycles. The number of benzene rings is 2. The van der Waals surface area contributed by atoms with Crippen LogP contribution >= 0.6 is 15.9 Å². The molecule has 2 aromatic carbocycles. The number of fused-ring (bicyclic) bond motifs is 1. The molecule has 2 aromatic rings. The van der Waals surface area contributed by atoms with Gasteiger partial charge in [-0.1, -0.05) is 22.0 Å². The van der Waals surface area contributed by atoms with E-state index in [9.17, 15) is 4.39 Å². The molecule has 1 nitrogen and oxygen atoms in total.